The Bertz CT molecular complexity index is 171. The first-order valence-electron chi connectivity index (χ1n) is 4.95. The van der Waals surface area contributed by atoms with E-state index in [9.17, 15) is 4.79 Å². The van der Waals surface area contributed by atoms with Gasteiger partial charge in [0.2, 0.25) is 6.41 Å². The fourth-order valence-corrected chi connectivity index (χ4v) is 3.08. The third kappa shape index (κ3) is 3.24. The summed E-state index contributed by atoms with van der Waals surface area (Å²) in [5, 5.41) is 2.85. The third-order valence-corrected chi connectivity index (χ3v) is 4.31. The molecule has 1 aliphatic carbocycles. The molecule has 3 nitrogen and oxygen atoms in total. The second-order valence-corrected chi connectivity index (χ2v) is 5.24. The van der Waals surface area contributed by atoms with Crippen LogP contribution in [-0.4, -0.2) is 23.9 Å². The first-order chi connectivity index (χ1) is 6.23. The number of nitrogens with one attached hydrogen (secondary N) is 1. The number of rotatable bonds is 7. The summed E-state index contributed by atoms with van der Waals surface area (Å²) >= 11 is 0. The highest BCUT2D eigenvalue weighted by Gasteiger charge is 2.45. The molecule has 0 radical (unpaired) electrons. The molecule has 2 atom stereocenters. The van der Waals surface area contributed by atoms with Crippen molar-refractivity contribution in [3.05, 3.63) is 0 Å². The molecule has 2 unspecified atom stereocenters. The van der Waals surface area contributed by atoms with Gasteiger partial charge in [-0.25, -0.2) is 0 Å². The van der Waals surface area contributed by atoms with Gasteiger partial charge >= 0.3 is 0 Å². The average Bonchev–Trinajstić information content (AvgIpc) is 2.84. The standard InChI is InChI=1S/C9H19N2OP/c1-2-3-6-13-8(11-7-12)9(10)4-5-9/h7-8,13H,2-6,10H2,1H3,(H,11,12). The lowest BCUT2D eigenvalue weighted by molar-refractivity contribution is -0.109. The number of carbonyl (C=O) groups excluding carboxylic acids is 1. The molecule has 0 aromatic heterocycles. The first kappa shape index (κ1) is 10.9. The summed E-state index contributed by atoms with van der Waals surface area (Å²) in [5.41, 5.74) is 5.98. The summed E-state index contributed by atoms with van der Waals surface area (Å²) in [6, 6.07) is 0. The summed E-state index contributed by atoms with van der Waals surface area (Å²) < 4.78 is 0. The van der Waals surface area contributed by atoms with Crippen LogP contribution in [0.15, 0.2) is 0 Å². The lowest BCUT2D eigenvalue weighted by Crippen LogP contribution is -2.43. The average molecular weight is 202 g/mol. The molecule has 0 aliphatic heterocycles. The summed E-state index contributed by atoms with van der Waals surface area (Å²) in [6.07, 6.45) is 6.58. The van der Waals surface area contributed by atoms with Crippen LogP contribution in [0.5, 0.6) is 0 Å². The Morgan fingerprint density at radius 3 is 2.85 bits per heavy atom. The van der Waals surface area contributed by atoms with Crippen LogP contribution in [0.4, 0.5) is 0 Å². The van der Waals surface area contributed by atoms with Gasteiger partial charge in [-0.05, 0) is 25.4 Å². The molecule has 3 N–H and O–H groups in total. The van der Waals surface area contributed by atoms with Crippen LogP contribution in [0.3, 0.4) is 0 Å². The van der Waals surface area contributed by atoms with E-state index in [-0.39, 0.29) is 11.3 Å². The molecule has 0 saturated heterocycles. The maximum atomic E-state index is 10.4. The molecule has 4 heteroatoms. The Kier molecular flexibility index (Phi) is 4.14. The second kappa shape index (κ2) is 4.92. The van der Waals surface area contributed by atoms with Crippen molar-refractivity contribution in [2.45, 2.75) is 43.9 Å². The quantitative estimate of drug-likeness (QED) is 0.368. The van der Waals surface area contributed by atoms with Crippen LogP contribution in [0.1, 0.15) is 32.6 Å². The van der Waals surface area contributed by atoms with Crippen LogP contribution in [0.25, 0.3) is 0 Å². The molecule has 0 aromatic rings. The Balaban J connectivity index is 2.26. The van der Waals surface area contributed by atoms with Crippen molar-refractivity contribution >= 4 is 15.0 Å². The van der Waals surface area contributed by atoms with Gasteiger partial charge in [0.1, 0.15) is 0 Å². The molecule has 1 fully saturated rings. The molecule has 0 heterocycles. The van der Waals surface area contributed by atoms with Gasteiger partial charge in [-0.2, -0.15) is 0 Å². The van der Waals surface area contributed by atoms with E-state index in [2.05, 4.69) is 12.2 Å². The van der Waals surface area contributed by atoms with Gasteiger partial charge in [0.05, 0.1) is 5.78 Å². The largest absolute Gasteiger partial charge is 0.351 e. The van der Waals surface area contributed by atoms with Crippen molar-refractivity contribution in [2.24, 2.45) is 5.73 Å². The molecule has 1 saturated carbocycles. The van der Waals surface area contributed by atoms with Crippen LogP contribution in [-0.2, 0) is 4.79 Å². The maximum Gasteiger partial charge on any atom is 0.207 e. The predicted octanol–water partition coefficient (Wildman–Crippen LogP) is 1.03. The van der Waals surface area contributed by atoms with Gasteiger partial charge in [-0.15, -0.1) is 0 Å². The topological polar surface area (TPSA) is 55.1 Å². The predicted molar refractivity (Wildman–Crippen MR) is 57.2 cm³/mol. The molecule has 1 amide bonds. The van der Waals surface area contributed by atoms with Crippen molar-refractivity contribution in [3.8, 4) is 0 Å². The van der Waals surface area contributed by atoms with Crippen molar-refractivity contribution in [1.29, 1.82) is 0 Å². The fourth-order valence-electron chi connectivity index (χ4n) is 1.35. The Labute approximate surface area is 81.6 Å². The molecule has 1 aliphatic rings. The van der Waals surface area contributed by atoms with Gasteiger partial charge in [-0.3, -0.25) is 4.79 Å². The van der Waals surface area contributed by atoms with Gasteiger partial charge < -0.3 is 11.1 Å². The first-order valence-corrected chi connectivity index (χ1v) is 6.23. The molecule has 76 valence electrons. The monoisotopic (exact) mass is 202 g/mol. The van der Waals surface area contributed by atoms with Gasteiger partial charge in [0, 0.05) is 5.54 Å². The molecule has 1 rings (SSSR count). The van der Waals surface area contributed by atoms with E-state index in [1.54, 1.807) is 0 Å². The highest BCUT2D eigenvalue weighted by molar-refractivity contribution is 7.39. The van der Waals surface area contributed by atoms with Crippen molar-refractivity contribution in [2.75, 3.05) is 6.16 Å². The summed E-state index contributed by atoms with van der Waals surface area (Å²) in [6.45, 7) is 2.18. The van der Waals surface area contributed by atoms with Gasteiger partial charge in [0.25, 0.3) is 0 Å². The number of unbranched alkanes of at least 4 members (excludes halogenated alkanes) is 1. The van der Waals surface area contributed by atoms with Gasteiger partial charge in [-0.1, -0.05) is 21.9 Å². The zero-order chi connectivity index (χ0) is 9.73. The summed E-state index contributed by atoms with van der Waals surface area (Å²) in [5.74, 6) is 0.233. The smallest absolute Gasteiger partial charge is 0.207 e. The van der Waals surface area contributed by atoms with E-state index in [1.165, 1.54) is 19.0 Å². The van der Waals surface area contributed by atoms with Crippen molar-refractivity contribution in [3.63, 3.8) is 0 Å². The van der Waals surface area contributed by atoms with E-state index in [4.69, 9.17) is 5.73 Å². The lowest BCUT2D eigenvalue weighted by atomic mass is 10.3. The van der Waals surface area contributed by atoms with Crippen LogP contribution in [0.2, 0.25) is 0 Å². The normalized spacial score (nSPS) is 21.7. The number of nitrogens with two attached hydrogens (primary N) is 1. The van der Waals surface area contributed by atoms with E-state index in [0.717, 1.165) is 27.8 Å². The zero-order valence-corrected chi connectivity index (χ0v) is 9.18. The Morgan fingerprint density at radius 2 is 2.38 bits per heavy atom. The number of hydrogen-bond acceptors (Lipinski definition) is 2. The molecular formula is C9H19N2OP. The third-order valence-electron chi connectivity index (χ3n) is 2.52. The Hall–Kier alpha value is -0.140. The van der Waals surface area contributed by atoms with E-state index >= 15 is 0 Å². The SMILES string of the molecule is CCCCPC(NC=O)C1(N)CC1. The van der Waals surface area contributed by atoms with Crippen LogP contribution >= 0.6 is 8.58 Å². The molecule has 0 bridgehead atoms. The fraction of sp³-hybridized carbons (Fsp3) is 0.889. The minimum Gasteiger partial charge on any atom is -0.351 e. The number of carbonyl (C=O) groups is 1. The summed E-state index contributed by atoms with van der Waals surface area (Å²) in [7, 11) is 0.784. The van der Waals surface area contributed by atoms with Crippen LogP contribution < -0.4 is 11.1 Å². The van der Waals surface area contributed by atoms with E-state index in [0.29, 0.717) is 0 Å². The Morgan fingerprint density at radius 1 is 1.69 bits per heavy atom. The molecule has 13 heavy (non-hydrogen) atoms. The zero-order valence-electron chi connectivity index (χ0n) is 8.18. The van der Waals surface area contributed by atoms with E-state index < -0.39 is 0 Å². The highest BCUT2D eigenvalue weighted by atomic mass is 31.1. The molecule has 0 aromatic carbocycles. The number of amides is 1. The van der Waals surface area contributed by atoms with Crippen LogP contribution in [0, 0.1) is 0 Å². The van der Waals surface area contributed by atoms with Crippen molar-refractivity contribution in [1.82, 2.24) is 5.32 Å². The summed E-state index contributed by atoms with van der Waals surface area (Å²) in [4.78, 5) is 10.4. The molecular weight excluding hydrogens is 183 g/mol. The number of hydrogen-bond donors (Lipinski definition) is 2. The second-order valence-electron chi connectivity index (χ2n) is 3.76. The highest BCUT2D eigenvalue weighted by Crippen LogP contribution is 2.42. The van der Waals surface area contributed by atoms with Gasteiger partial charge in [0.15, 0.2) is 0 Å². The lowest BCUT2D eigenvalue weighted by Gasteiger charge is -2.22. The molecule has 0 spiro atoms. The minimum absolute atomic E-state index is 0.0624. The maximum absolute atomic E-state index is 10.4. The van der Waals surface area contributed by atoms with E-state index in [1.807, 2.05) is 0 Å². The van der Waals surface area contributed by atoms with Crippen molar-refractivity contribution < 1.29 is 4.79 Å². The minimum atomic E-state index is -0.0624.